The topological polar surface area (TPSA) is 107 Å². The minimum atomic E-state index is -0.741. The summed E-state index contributed by atoms with van der Waals surface area (Å²) in [5.74, 6) is -1.64. The molecule has 2 aromatic rings. The fraction of sp³-hybridized carbons (Fsp3) is 0.150. The van der Waals surface area contributed by atoms with Gasteiger partial charge in [-0.05, 0) is 30.7 Å². The Bertz CT molecular complexity index is 1010. The van der Waals surface area contributed by atoms with E-state index >= 15 is 0 Å². The lowest BCUT2D eigenvalue weighted by Crippen LogP contribution is -2.29. The number of benzene rings is 2. The van der Waals surface area contributed by atoms with E-state index in [-0.39, 0.29) is 28.9 Å². The first-order valence-electron chi connectivity index (χ1n) is 8.40. The predicted molar refractivity (Wildman–Crippen MR) is 98.9 cm³/mol. The molecule has 1 aliphatic heterocycles. The highest BCUT2D eigenvalue weighted by Crippen LogP contribution is 2.26. The van der Waals surface area contributed by atoms with E-state index in [9.17, 15) is 24.5 Å². The van der Waals surface area contributed by atoms with Crippen molar-refractivity contribution in [2.75, 3.05) is 6.54 Å². The summed E-state index contributed by atoms with van der Waals surface area (Å²) in [5.41, 5.74) is 0.813. The number of nitro benzene ring substituents is 1. The summed E-state index contributed by atoms with van der Waals surface area (Å²) in [6, 6.07) is 9.93. The first kappa shape index (κ1) is 19.0. The van der Waals surface area contributed by atoms with E-state index in [1.807, 2.05) is 0 Å². The number of hydrogen-bond acceptors (Lipinski definition) is 6. The summed E-state index contributed by atoms with van der Waals surface area (Å²) >= 11 is 0. The molecule has 2 aromatic carbocycles. The van der Waals surface area contributed by atoms with Crippen molar-refractivity contribution >= 4 is 23.5 Å². The Morgan fingerprint density at radius 2 is 1.93 bits per heavy atom. The molecule has 0 spiro atoms. The summed E-state index contributed by atoms with van der Waals surface area (Å²) in [6.45, 7) is 5.19. The van der Waals surface area contributed by atoms with E-state index in [0.717, 1.165) is 4.90 Å². The molecule has 0 aliphatic carbocycles. The molecule has 3 rings (SSSR count). The molecule has 28 heavy (non-hydrogen) atoms. The number of esters is 1. The van der Waals surface area contributed by atoms with Gasteiger partial charge in [-0.15, -0.1) is 6.58 Å². The fourth-order valence-corrected chi connectivity index (χ4v) is 2.90. The molecule has 1 aliphatic rings. The molecule has 8 heteroatoms. The number of imide groups is 1. The zero-order valence-corrected chi connectivity index (χ0v) is 15.0. The highest BCUT2D eigenvalue weighted by Gasteiger charge is 2.35. The zero-order chi connectivity index (χ0) is 20.4. The van der Waals surface area contributed by atoms with Crippen molar-refractivity contribution in [2.45, 2.75) is 13.0 Å². The third kappa shape index (κ3) is 3.39. The summed E-state index contributed by atoms with van der Waals surface area (Å²) in [4.78, 5) is 48.4. The van der Waals surface area contributed by atoms with Crippen molar-refractivity contribution in [3.63, 3.8) is 0 Å². The Morgan fingerprint density at radius 1 is 1.21 bits per heavy atom. The van der Waals surface area contributed by atoms with Crippen molar-refractivity contribution in [3.8, 4) is 0 Å². The van der Waals surface area contributed by atoms with E-state index in [4.69, 9.17) is 4.74 Å². The number of nitro groups is 1. The number of amides is 2. The second-order valence-corrected chi connectivity index (χ2v) is 6.17. The number of ether oxygens (including phenoxy) is 1. The normalized spacial score (nSPS) is 13.8. The van der Waals surface area contributed by atoms with Crippen LogP contribution < -0.4 is 0 Å². The van der Waals surface area contributed by atoms with Crippen molar-refractivity contribution in [3.05, 3.63) is 87.5 Å². The molecule has 142 valence electrons. The van der Waals surface area contributed by atoms with Gasteiger partial charge < -0.3 is 4.74 Å². The van der Waals surface area contributed by atoms with Crippen LogP contribution in [0.15, 0.2) is 55.1 Å². The maximum Gasteiger partial charge on any atom is 0.338 e. The van der Waals surface area contributed by atoms with Gasteiger partial charge in [0.05, 0.1) is 21.6 Å². The Kier molecular flexibility index (Phi) is 5.04. The molecular formula is C20H16N2O6. The maximum absolute atomic E-state index is 12.5. The Balaban J connectivity index is 1.80. The number of rotatable bonds is 6. The second kappa shape index (κ2) is 7.43. The second-order valence-electron chi connectivity index (χ2n) is 6.17. The third-order valence-corrected chi connectivity index (χ3v) is 4.35. The summed E-state index contributed by atoms with van der Waals surface area (Å²) in [5, 5.41) is 10.9. The van der Waals surface area contributed by atoms with Crippen LogP contribution in [0.5, 0.6) is 0 Å². The average Bonchev–Trinajstić information content (AvgIpc) is 2.92. The maximum atomic E-state index is 12.5. The lowest BCUT2D eigenvalue weighted by molar-refractivity contribution is -0.385. The molecule has 0 fully saturated rings. The standard InChI is InChI=1S/C20H16N2O6/c1-3-9-21-18(23)16-8-7-14(11-17(16)19(21)24)20(25)28-12(2)13-5-4-6-15(10-13)22(26)27/h3-8,10-12H,1,9H2,2H3/t12-/m1/s1. The summed E-state index contributed by atoms with van der Waals surface area (Å²) in [6.07, 6.45) is 0.702. The first-order chi connectivity index (χ1) is 13.3. The largest absolute Gasteiger partial charge is 0.454 e. The van der Waals surface area contributed by atoms with Crippen molar-refractivity contribution < 1.29 is 24.0 Å². The minimum absolute atomic E-state index is 0.0793. The molecule has 0 bridgehead atoms. The summed E-state index contributed by atoms with van der Waals surface area (Å²) < 4.78 is 5.37. The van der Waals surface area contributed by atoms with Gasteiger partial charge >= 0.3 is 5.97 Å². The van der Waals surface area contributed by atoms with Gasteiger partial charge in [0.1, 0.15) is 6.10 Å². The molecule has 0 saturated heterocycles. The van der Waals surface area contributed by atoms with Crippen LogP contribution in [0.25, 0.3) is 0 Å². The number of non-ortho nitro benzene ring substituents is 1. The smallest absolute Gasteiger partial charge is 0.338 e. The van der Waals surface area contributed by atoms with Gasteiger partial charge in [-0.2, -0.15) is 0 Å². The number of hydrogen-bond donors (Lipinski definition) is 0. The number of nitrogens with zero attached hydrogens (tertiary/aromatic N) is 2. The molecule has 0 saturated carbocycles. The quantitative estimate of drug-likeness (QED) is 0.250. The van der Waals surface area contributed by atoms with E-state index in [1.165, 1.54) is 42.5 Å². The van der Waals surface area contributed by atoms with Crippen LogP contribution in [-0.2, 0) is 4.74 Å². The SMILES string of the molecule is C=CCN1C(=O)c2ccc(C(=O)O[C@H](C)c3cccc([N+](=O)[O-])c3)cc2C1=O. The molecular weight excluding hydrogens is 364 g/mol. The van der Waals surface area contributed by atoms with Gasteiger partial charge in [-0.1, -0.05) is 18.2 Å². The minimum Gasteiger partial charge on any atom is -0.454 e. The monoisotopic (exact) mass is 380 g/mol. The lowest BCUT2D eigenvalue weighted by atomic mass is 10.1. The highest BCUT2D eigenvalue weighted by atomic mass is 16.6. The van der Waals surface area contributed by atoms with Gasteiger partial charge in [0.15, 0.2) is 0 Å². The molecule has 1 heterocycles. The Hall–Kier alpha value is -3.81. The predicted octanol–water partition coefficient (Wildman–Crippen LogP) is 3.29. The molecule has 0 N–H and O–H groups in total. The molecule has 1 atom stereocenters. The highest BCUT2D eigenvalue weighted by molar-refractivity contribution is 6.22. The fourth-order valence-electron chi connectivity index (χ4n) is 2.90. The molecule has 0 aromatic heterocycles. The van der Waals surface area contributed by atoms with E-state index in [2.05, 4.69) is 6.58 Å². The van der Waals surface area contributed by atoms with Crippen LogP contribution in [0.1, 0.15) is 49.7 Å². The Morgan fingerprint density at radius 3 is 2.61 bits per heavy atom. The van der Waals surface area contributed by atoms with Gasteiger partial charge in [-0.25, -0.2) is 4.79 Å². The van der Waals surface area contributed by atoms with Gasteiger partial charge in [-0.3, -0.25) is 24.6 Å². The van der Waals surface area contributed by atoms with E-state index in [0.29, 0.717) is 5.56 Å². The Labute approximate surface area is 160 Å². The van der Waals surface area contributed by atoms with Crippen LogP contribution in [0, 0.1) is 10.1 Å². The molecule has 0 unspecified atom stereocenters. The van der Waals surface area contributed by atoms with Crippen LogP contribution in [0.4, 0.5) is 5.69 Å². The third-order valence-electron chi connectivity index (χ3n) is 4.35. The molecule has 2 amide bonds. The number of fused-ring (bicyclic) bond motifs is 1. The number of carbonyl (C=O) groups is 3. The van der Waals surface area contributed by atoms with Crippen LogP contribution >= 0.6 is 0 Å². The van der Waals surface area contributed by atoms with Crippen molar-refractivity contribution in [1.82, 2.24) is 4.90 Å². The van der Waals surface area contributed by atoms with Crippen LogP contribution in [-0.4, -0.2) is 34.2 Å². The van der Waals surface area contributed by atoms with E-state index < -0.39 is 28.8 Å². The first-order valence-corrected chi connectivity index (χ1v) is 8.40. The lowest BCUT2D eigenvalue weighted by Gasteiger charge is -2.13. The number of carbonyl (C=O) groups excluding carboxylic acids is 3. The van der Waals surface area contributed by atoms with Crippen molar-refractivity contribution in [2.24, 2.45) is 0 Å². The molecule has 0 radical (unpaired) electrons. The molecule has 8 nitrogen and oxygen atoms in total. The summed E-state index contributed by atoms with van der Waals surface area (Å²) in [7, 11) is 0. The van der Waals surface area contributed by atoms with Gasteiger partial charge in [0.2, 0.25) is 0 Å². The zero-order valence-electron chi connectivity index (χ0n) is 15.0. The van der Waals surface area contributed by atoms with Crippen LogP contribution in [0.2, 0.25) is 0 Å². The van der Waals surface area contributed by atoms with Crippen LogP contribution in [0.3, 0.4) is 0 Å². The average molecular weight is 380 g/mol. The van der Waals surface area contributed by atoms with E-state index in [1.54, 1.807) is 13.0 Å². The van der Waals surface area contributed by atoms with Gasteiger partial charge in [0.25, 0.3) is 17.5 Å². The van der Waals surface area contributed by atoms with Crippen molar-refractivity contribution in [1.29, 1.82) is 0 Å². The van der Waals surface area contributed by atoms with Gasteiger partial charge in [0, 0.05) is 18.7 Å².